The Hall–Kier alpha value is -1.69. The van der Waals surface area contributed by atoms with E-state index in [1.165, 1.54) is 0 Å². The zero-order valence-electron chi connectivity index (χ0n) is 13.2. The van der Waals surface area contributed by atoms with E-state index in [1.54, 1.807) is 0 Å². The summed E-state index contributed by atoms with van der Waals surface area (Å²) in [5.41, 5.74) is 6.52. The highest BCUT2D eigenvalue weighted by Gasteiger charge is 2.33. The van der Waals surface area contributed by atoms with Crippen LogP contribution >= 0.6 is 0 Å². The molecule has 1 aliphatic heterocycles. The van der Waals surface area contributed by atoms with Crippen LogP contribution in [0.15, 0.2) is 6.07 Å². The Kier molecular flexibility index (Phi) is 5.12. The van der Waals surface area contributed by atoms with E-state index in [9.17, 15) is 4.79 Å². The normalized spacial score (nSPS) is 19.2. The third-order valence-electron chi connectivity index (χ3n) is 3.93. The van der Waals surface area contributed by atoms with E-state index in [1.807, 2.05) is 24.9 Å². The molecule has 2 rings (SSSR count). The second kappa shape index (κ2) is 6.85. The van der Waals surface area contributed by atoms with Gasteiger partial charge < -0.3 is 15.5 Å². The number of piperazine rings is 1. The van der Waals surface area contributed by atoms with Crippen LogP contribution in [0.3, 0.4) is 0 Å². The summed E-state index contributed by atoms with van der Waals surface area (Å²) in [7, 11) is 1.87. The summed E-state index contributed by atoms with van der Waals surface area (Å²) in [4.78, 5) is 25.2. The highest BCUT2D eigenvalue weighted by atomic mass is 16.2. The van der Waals surface area contributed by atoms with E-state index in [4.69, 9.17) is 5.73 Å². The van der Waals surface area contributed by atoms with Gasteiger partial charge in [0.05, 0.1) is 5.69 Å². The van der Waals surface area contributed by atoms with Crippen molar-refractivity contribution in [2.24, 2.45) is 5.73 Å². The van der Waals surface area contributed by atoms with Crippen LogP contribution in [-0.2, 0) is 11.3 Å². The number of hydrogen-bond acceptors (Lipinski definition) is 5. The summed E-state index contributed by atoms with van der Waals surface area (Å²) in [6, 6.07) is 1.79. The number of aryl methyl sites for hydroxylation is 1. The number of anilines is 1. The largest absolute Gasteiger partial charge is 0.343 e. The maximum absolute atomic E-state index is 12.5. The van der Waals surface area contributed by atoms with Crippen LogP contribution in [0.1, 0.15) is 37.7 Å². The van der Waals surface area contributed by atoms with E-state index in [0.717, 1.165) is 43.9 Å². The topological polar surface area (TPSA) is 75.4 Å². The first-order valence-electron chi connectivity index (χ1n) is 7.63. The second-order valence-electron chi connectivity index (χ2n) is 5.58. The molecule has 0 aromatic carbocycles. The molecule has 1 atom stereocenters. The number of rotatable bonds is 5. The number of carbonyl (C=O) groups excluding carboxylic acids is 1. The van der Waals surface area contributed by atoms with Crippen LogP contribution in [0.5, 0.6) is 0 Å². The fourth-order valence-corrected chi connectivity index (χ4v) is 2.73. The molecule has 1 aromatic heterocycles. The lowest BCUT2D eigenvalue weighted by Gasteiger charge is -2.40. The second-order valence-corrected chi connectivity index (χ2v) is 5.58. The average molecular weight is 291 g/mol. The van der Waals surface area contributed by atoms with Gasteiger partial charge in [0.2, 0.25) is 5.91 Å². The maximum Gasteiger partial charge on any atom is 0.245 e. The zero-order chi connectivity index (χ0) is 15.4. The summed E-state index contributed by atoms with van der Waals surface area (Å²) in [6.07, 6.45) is 2.98. The molecule has 0 radical (unpaired) electrons. The highest BCUT2D eigenvalue weighted by molar-refractivity contribution is 5.86. The number of aromatic nitrogens is 2. The Labute approximate surface area is 126 Å². The first kappa shape index (κ1) is 15.7. The van der Waals surface area contributed by atoms with Crippen molar-refractivity contribution >= 4 is 11.7 Å². The fourth-order valence-electron chi connectivity index (χ4n) is 2.73. The van der Waals surface area contributed by atoms with E-state index in [2.05, 4.69) is 21.8 Å². The van der Waals surface area contributed by atoms with Crippen LogP contribution in [-0.4, -0.2) is 47.0 Å². The Morgan fingerprint density at radius 1 is 1.38 bits per heavy atom. The molecule has 1 aliphatic rings. The van der Waals surface area contributed by atoms with E-state index in [-0.39, 0.29) is 11.9 Å². The fraction of sp³-hybridized carbons (Fsp3) is 0.667. The van der Waals surface area contributed by atoms with Gasteiger partial charge in [-0.05, 0) is 13.3 Å². The lowest BCUT2D eigenvalue weighted by Crippen LogP contribution is -2.56. The average Bonchev–Trinajstić information content (AvgIpc) is 2.48. The lowest BCUT2D eigenvalue weighted by atomic mass is 10.0. The minimum atomic E-state index is -0.122. The molecule has 0 spiro atoms. The number of nitrogens with two attached hydrogens (primary N) is 1. The minimum Gasteiger partial charge on any atom is -0.343 e. The molecule has 2 heterocycles. The molecule has 1 saturated heterocycles. The van der Waals surface area contributed by atoms with Gasteiger partial charge in [-0.15, -0.1) is 0 Å². The minimum absolute atomic E-state index is 0.122. The van der Waals surface area contributed by atoms with E-state index in [0.29, 0.717) is 12.4 Å². The van der Waals surface area contributed by atoms with Gasteiger partial charge in [-0.3, -0.25) is 4.79 Å². The predicted octanol–water partition coefficient (Wildman–Crippen LogP) is 1.08. The molecule has 2 N–H and O–H groups in total. The smallest absolute Gasteiger partial charge is 0.245 e. The molecule has 0 aliphatic carbocycles. The Bertz CT molecular complexity index is 505. The van der Waals surface area contributed by atoms with Crippen molar-refractivity contribution in [3.63, 3.8) is 0 Å². The number of hydrogen-bond donors (Lipinski definition) is 1. The van der Waals surface area contributed by atoms with Crippen molar-refractivity contribution in [1.29, 1.82) is 0 Å². The van der Waals surface area contributed by atoms with Gasteiger partial charge >= 0.3 is 0 Å². The van der Waals surface area contributed by atoms with Crippen LogP contribution in [0.2, 0.25) is 0 Å². The molecule has 6 nitrogen and oxygen atoms in total. The number of likely N-dealkylation sites (N-methyl/N-ethyl adjacent to an activating group) is 1. The predicted molar refractivity (Wildman–Crippen MR) is 83.0 cm³/mol. The molecule has 1 aromatic rings. The molecule has 6 heteroatoms. The van der Waals surface area contributed by atoms with Crippen molar-refractivity contribution in [2.45, 2.75) is 45.7 Å². The van der Waals surface area contributed by atoms with E-state index >= 15 is 0 Å². The van der Waals surface area contributed by atoms with Crippen molar-refractivity contribution in [3.05, 3.63) is 17.6 Å². The van der Waals surface area contributed by atoms with Crippen LogP contribution in [0, 0.1) is 6.92 Å². The summed E-state index contributed by atoms with van der Waals surface area (Å²) >= 11 is 0. The third kappa shape index (κ3) is 3.50. The van der Waals surface area contributed by atoms with Gasteiger partial charge in [0.1, 0.15) is 17.7 Å². The van der Waals surface area contributed by atoms with Gasteiger partial charge in [0.25, 0.3) is 0 Å². The van der Waals surface area contributed by atoms with Crippen LogP contribution < -0.4 is 10.6 Å². The first-order valence-corrected chi connectivity index (χ1v) is 7.63. The van der Waals surface area contributed by atoms with Crippen molar-refractivity contribution in [2.75, 3.05) is 25.0 Å². The number of nitrogens with zero attached hydrogens (tertiary/aromatic N) is 4. The Balaban J connectivity index is 2.30. The monoisotopic (exact) mass is 291 g/mol. The van der Waals surface area contributed by atoms with Gasteiger partial charge in [0, 0.05) is 32.7 Å². The van der Waals surface area contributed by atoms with Crippen LogP contribution in [0.4, 0.5) is 5.82 Å². The van der Waals surface area contributed by atoms with Gasteiger partial charge in [-0.25, -0.2) is 9.97 Å². The molecule has 21 heavy (non-hydrogen) atoms. The molecule has 0 saturated carbocycles. The summed E-state index contributed by atoms with van der Waals surface area (Å²) in [5, 5.41) is 0. The molecule has 1 amide bonds. The van der Waals surface area contributed by atoms with Gasteiger partial charge in [0.15, 0.2) is 0 Å². The van der Waals surface area contributed by atoms with Crippen molar-refractivity contribution < 1.29 is 4.79 Å². The first-order chi connectivity index (χ1) is 10.1. The summed E-state index contributed by atoms with van der Waals surface area (Å²) in [6.45, 7) is 5.92. The zero-order valence-corrected chi connectivity index (χ0v) is 13.2. The Morgan fingerprint density at radius 3 is 2.81 bits per heavy atom. The standard InChI is InChI=1S/C15H25N5O/c1-4-5-6-13-15(21)19(3)7-8-20(13)14-9-12(10-16)17-11(2)18-14/h9,13H,4-8,10,16H2,1-3H3. The SMILES string of the molecule is CCCCC1C(=O)N(C)CCN1c1cc(CN)nc(C)n1. The van der Waals surface area contributed by atoms with Crippen molar-refractivity contribution in [3.8, 4) is 0 Å². The molecular weight excluding hydrogens is 266 g/mol. The van der Waals surface area contributed by atoms with E-state index < -0.39 is 0 Å². The molecule has 0 bridgehead atoms. The molecule has 116 valence electrons. The number of carbonyl (C=O) groups is 1. The van der Waals surface area contributed by atoms with Crippen molar-refractivity contribution in [1.82, 2.24) is 14.9 Å². The van der Waals surface area contributed by atoms with Gasteiger partial charge in [-0.2, -0.15) is 0 Å². The lowest BCUT2D eigenvalue weighted by molar-refractivity contribution is -0.133. The summed E-state index contributed by atoms with van der Waals surface area (Å²) in [5.74, 6) is 1.71. The molecule has 1 unspecified atom stereocenters. The summed E-state index contributed by atoms with van der Waals surface area (Å²) < 4.78 is 0. The van der Waals surface area contributed by atoms with Crippen LogP contribution in [0.25, 0.3) is 0 Å². The number of unbranched alkanes of at least 4 members (excludes halogenated alkanes) is 1. The third-order valence-corrected chi connectivity index (χ3v) is 3.93. The molecular formula is C15H25N5O. The highest BCUT2D eigenvalue weighted by Crippen LogP contribution is 2.23. The molecule has 1 fully saturated rings. The maximum atomic E-state index is 12.5. The number of amides is 1. The quantitative estimate of drug-likeness (QED) is 0.878. The van der Waals surface area contributed by atoms with Gasteiger partial charge in [-0.1, -0.05) is 19.8 Å². The Morgan fingerprint density at radius 2 is 2.14 bits per heavy atom.